The van der Waals surface area contributed by atoms with E-state index in [1.54, 1.807) is 0 Å². The molecule has 0 aliphatic heterocycles. The highest BCUT2D eigenvalue weighted by molar-refractivity contribution is 7.47. The zero-order valence-corrected chi connectivity index (χ0v) is 37.0. The van der Waals surface area contributed by atoms with Crippen LogP contribution in [0.2, 0.25) is 0 Å². The molecule has 3 N–H and O–H groups in total. The Bertz CT molecular complexity index is 946. The van der Waals surface area contributed by atoms with Crippen LogP contribution < -0.4 is 0 Å². The first kappa shape index (κ1) is 54.7. The van der Waals surface area contributed by atoms with Gasteiger partial charge in [0, 0.05) is 12.8 Å². The third-order valence-electron chi connectivity index (χ3n) is 10.2. The summed E-state index contributed by atoms with van der Waals surface area (Å²) in [6.07, 6.45) is 40.3. The number of esters is 2. The van der Waals surface area contributed by atoms with Crippen molar-refractivity contribution < 1.29 is 47.8 Å². The summed E-state index contributed by atoms with van der Waals surface area (Å²) in [5, 5.41) is 18.3. The summed E-state index contributed by atoms with van der Waals surface area (Å²) in [7, 11) is -4.61. The van der Waals surface area contributed by atoms with Crippen molar-refractivity contribution in [2.75, 3.05) is 26.4 Å². The summed E-state index contributed by atoms with van der Waals surface area (Å²) >= 11 is 0. The molecule has 0 spiro atoms. The number of aliphatic hydroxyl groups is 2. The van der Waals surface area contributed by atoms with Gasteiger partial charge in [0.25, 0.3) is 0 Å². The molecule has 0 aliphatic carbocycles. The predicted molar refractivity (Wildman–Crippen MR) is 229 cm³/mol. The smallest absolute Gasteiger partial charge is 0.462 e. The Hall–Kier alpha value is -1.29. The van der Waals surface area contributed by atoms with Gasteiger partial charge in [0.2, 0.25) is 0 Å². The Kier molecular flexibility index (Phi) is 40.9. The van der Waals surface area contributed by atoms with Crippen LogP contribution in [0.25, 0.3) is 0 Å². The summed E-state index contributed by atoms with van der Waals surface area (Å²) < 4.78 is 32.8. The van der Waals surface area contributed by atoms with Crippen molar-refractivity contribution in [1.29, 1.82) is 0 Å². The van der Waals surface area contributed by atoms with E-state index in [1.807, 2.05) is 0 Å². The normalized spacial score (nSPS) is 13.9. The molecule has 56 heavy (non-hydrogen) atoms. The third kappa shape index (κ3) is 40.9. The van der Waals surface area contributed by atoms with Gasteiger partial charge in [-0.2, -0.15) is 0 Å². The van der Waals surface area contributed by atoms with E-state index in [4.69, 9.17) is 23.6 Å². The Morgan fingerprint density at radius 2 is 0.875 bits per heavy atom. The second-order valence-corrected chi connectivity index (χ2v) is 17.2. The standard InChI is InChI=1S/C45H87O10P/c1-3-5-7-9-11-13-15-17-19-20-21-22-23-25-27-29-31-33-35-37-45(49)55-43(41-54-56(50,51)53-39-42(47)38-46)40-52-44(48)36-34-32-30-28-26-24-18-16-14-12-10-8-6-4-2/h17,19,42-43,46-47H,3-16,18,20-41H2,1-2H3,(H,50,51)/b19-17+/t42-,43+/m0/s1. The first-order chi connectivity index (χ1) is 27.2. The molecule has 0 heterocycles. The average Bonchev–Trinajstić information content (AvgIpc) is 3.19. The highest BCUT2D eigenvalue weighted by atomic mass is 31.2. The monoisotopic (exact) mass is 819 g/mol. The van der Waals surface area contributed by atoms with E-state index in [0.29, 0.717) is 12.8 Å². The number of unbranched alkanes of at least 4 members (excludes halogenated alkanes) is 28. The molecule has 0 bridgehead atoms. The zero-order chi connectivity index (χ0) is 41.2. The van der Waals surface area contributed by atoms with Gasteiger partial charge in [-0.1, -0.05) is 187 Å². The Morgan fingerprint density at radius 3 is 1.29 bits per heavy atom. The fraction of sp³-hybridized carbons (Fsp3) is 0.911. The van der Waals surface area contributed by atoms with E-state index in [0.717, 1.165) is 38.5 Å². The van der Waals surface area contributed by atoms with Gasteiger partial charge in [0.05, 0.1) is 19.8 Å². The molecule has 1 unspecified atom stereocenters. The number of carbonyl (C=O) groups excluding carboxylic acids is 2. The number of hydrogen-bond donors (Lipinski definition) is 3. The third-order valence-corrected chi connectivity index (χ3v) is 11.1. The highest BCUT2D eigenvalue weighted by Crippen LogP contribution is 2.43. The summed E-state index contributed by atoms with van der Waals surface area (Å²) in [5.41, 5.74) is 0. The van der Waals surface area contributed by atoms with Crippen LogP contribution in [0.5, 0.6) is 0 Å². The lowest BCUT2D eigenvalue weighted by Crippen LogP contribution is -2.29. The zero-order valence-electron chi connectivity index (χ0n) is 36.1. The van der Waals surface area contributed by atoms with Crippen LogP contribution >= 0.6 is 7.82 Å². The first-order valence-electron chi connectivity index (χ1n) is 23.1. The van der Waals surface area contributed by atoms with Gasteiger partial charge in [0.1, 0.15) is 12.7 Å². The van der Waals surface area contributed by atoms with Crippen molar-refractivity contribution in [2.45, 2.75) is 238 Å². The largest absolute Gasteiger partial charge is 0.472 e. The SMILES string of the molecule is CCCCCCCC/C=C/CCCCCCCCCCCC(=O)O[C@H](COC(=O)CCCCCCCCCCCCCCCC)COP(=O)(O)OC[C@@H](O)CO. The number of allylic oxidation sites excluding steroid dienone is 2. The molecule has 0 aliphatic rings. The molecule has 332 valence electrons. The number of aliphatic hydroxyl groups excluding tert-OH is 2. The summed E-state index contributed by atoms with van der Waals surface area (Å²) in [4.78, 5) is 35.0. The molecule has 0 rings (SSSR count). The van der Waals surface area contributed by atoms with Crippen LogP contribution in [0.3, 0.4) is 0 Å². The van der Waals surface area contributed by atoms with Gasteiger partial charge >= 0.3 is 19.8 Å². The minimum atomic E-state index is -4.61. The van der Waals surface area contributed by atoms with Crippen LogP contribution in [0.1, 0.15) is 226 Å². The lowest BCUT2D eigenvalue weighted by atomic mass is 10.0. The lowest BCUT2D eigenvalue weighted by molar-refractivity contribution is -0.161. The van der Waals surface area contributed by atoms with Crippen molar-refractivity contribution in [3.63, 3.8) is 0 Å². The highest BCUT2D eigenvalue weighted by Gasteiger charge is 2.27. The summed E-state index contributed by atoms with van der Waals surface area (Å²) in [6, 6.07) is 0. The predicted octanol–water partition coefficient (Wildman–Crippen LogP) is 12.4. The van der Waals surface area contributed by atoms with Gasteiger partial charge in [-0.3, -0.25) is 18.6 Å². The van der Waals surface area contributed by atoms with Gasteiger partial charge in [0.15, 0.2) is 6.10 Å². The van der Waals surface area contributed by atoms with Gasteiger partial charge in [-0.15, -0.1) is 0 Å². The molecule has 0 aromatic heterocycles. The number of carbonyl (C=O) groups is 2. The first-order valence-corrected chi connectivity index (χ1v) is 24.6. The maximum atomic E-state index is 12.6. The maximum absolute atomic E-state index is 12.6. The van der Waals surface area contributed by atoms with Crippen LogP contribution in [0.15, 0.2) is 12.2 Å². The number of rotatable bonds is 44. The minimum absolute atomic E-state index is 0.186. The van der Waals surface area contributed by atoms with Crippen molar-refractivity contribution in [1.82, 2.24) is 0 Å². The quantitative estimate of drug-likeness (QED) is 0.0235. The topological polar surface area (TPSA) is 149 Å². The molecule has 3 atom stereocenters. The minimum Gasteiger partial charge on any atom is -0.462 e. The Morgan fingerprint density at radius 1 is 0.518 bits per heavy atom. The molecule has 0 saturated heterocycles. The van der Waals surface area contributed by atoms with Gasteiger partial charge < -0.3 is 24.6 Å². The number of phosphoric ester groups is 1. The molecule has 0 aromatic carbocycles. The molecule has 0 fully saturated rings. The van der Waals surface area contributed by atoms with Gasteiger partial charge in [-0.25, -0.2) is 4.57 Å². The summed E-state index contributed by atoms with van der Waals surface area (Å²) in [6.45, 7) is 2.41. The number of ether oxygens (including phenoxy) is 2. The van der Waals surface area contributed by atoms with Crippen molar-refractivity contribution in [3.05, 3.63) is 12.2 Å². The fourth-order valence-corrected chi connectivity index (χ4v) is 7.37. The molecule has 11 heteroatoms. The van der Waals surface area contributed by atoms with E-state index >= 15 is 0 Å². The second kappa shape index (κ2) is 41.9. The second-order valence-electron chi connectivity index (χ2n) is 15.8. The van der Waals surface area contributed by atoms with E-state index < -0.39 is 51.8 Å². The summed E-state index contributed by atoms with van der Waals surface area (Å²) in [5.74, 6) is -0.915. The van der Waals surface area contributed by atoms with E-state index in [2.05, 4.69) is 26.0 Å². The van der Waals surface area contributed by atoms with Crippen LogP contribution in [0.4, 0.5) is 0 Å². The van der Waals surface area contributed by atoms with Crippen LogP contribution in [0, 0.1) is 0 Å². The van der Waals surface area contributed by atoms with E-state index in [1.165, 1.54) is 148 Å². The Balaban J connectivity index is 4.22. The Labute approximate surface area is 343 Å². The van der Waals surface area contributed by atoms with Gasteiger partial charge in [-0.05, 0) is 38.5 Å². The van der Waals surface area contributed by atoms with Crippen molar-refractivity contribution in [3.8, 4) is 0 Å². The molecule has 10 nitrogen and oxygen atoms in total. The maximum Gasteiger partial charge on any atom is 0.472 e. The van der Waals surface area contributed by atoms with E-state index in [9.17, 15) is 24.2 Å². The molecule has 0 aromatic rings. The number of hydrogen-bond acceptors (Lipinski definition) is 9. The van der Waals surface area contributed by atoms with Crippen LogP contribution in [-0.4, -0.2) is 65.7 Å². The fourth-order valence-electron chi connectivity index (χ4n) is 6.58. The molecular weight excluding hydrogens is 731 g/mol. The van der Waals surface area contributed by atoms with Crippen LogP contribution in [-0.2, 0) is 32.7 Å². The van der Waals surface area contributed by atoms with Crippen molar-refractivity contribution >= 4 is 19.8 Å². The lowest BCUT2D eigenvalue weighted by Gasteiger charge is -2.20. The molecule has 0 radical (unpaired) electrons. The average molecular weight is 819 g/mol. The number of phosphoric acid groups is 1. The van der Waals surface area contributed by atoms with Crippen molar-refractivity contribution in [2.24, 2.45) is 0 Å². The molecule has 0 saturated carbocycles. The van der Waals surface area contributed by atoms with E-state index in [-0.39, 0.29) is 19.4 Å². The molecular formula is C45H87O10P. The molecule has 0 amide bonds.